The lowest BCUT2D eigenvalue weighted by atomic mass is 9.92. The van der Waals surface area contributed by atoms with Crippen molar-refractivity contribution in [3.8, 4) is 11.1 Å². The maximum atomic E-state index is 13.6. The van der Waals surface area contributed by atoms with Crippen LogP contribution < -0.4 is 0 Å². The number of alkyl halides is 3. The minimum absolute atomic E-state index is 0.0700. The van der Waals surface area contributed by atoms with Crippen molar-refractivity contribution in [2.24, 2.45) is 0 Å². The Morgan fingerprint density at radius 3 is 2.31 bits per heavy atom. The van der Waals surface area contributed by atoms with E-state index in [1.54, 1.807) is 12.1 Å². The van der Waals surface area contributed by atoms with E-state index in [0.717, 1.165) is 28.1 Å². The van der Waals surface area contributed by atoms with Gasteiger partial charge in [-0.25, -0.2) is 17.2 Å². The van der Waals surface area contributed by atoms with E-state index in [4.69, 9.17) is 16.7 Å². The zero-order chi connectivity index (χ0) is 23.3. The second kappa shape index (κ2) is 7.97. The Morgan fingerprint density at radius 2 is 1.69 bits per heavy atom. The molecule has 0 atom stereocenters. The van der Waals surface area contributed by atoms with Gasteiger partial charge in [0.1, 0.15) is 4.90 Å². The second-order valence-electron chi connectivity index (χ2n) is 7.47. The summed E-state index contributed by atoms with van der Waals surface area (Å²) in [7, 11) is -4.66. The summed E-state index contributed by atoms with van der Waals surface area (Å²) < 4.78 is 68.7. The van der Waals surface area contributed by atoms with E-state index >= 15 is 0 Å². The number of carboxylic acid groups (broad SMARTS) is 1. The third-order valence-corrected chi connectivity index (χ3v) is 7.73. The van der Waals surface area contributed by atoms with Crippen LogP contribution in [0.25, 0.3) is 11.1 Å². The van der Waals surface area contributed by atoms with Crippen molar-refractivity contribution in [1.29, 1.82) is 0 Å². The molecule has 0 saturated carbocycles. The maximum Gasteiger partial charge on any atom is 0.417 e. The van der Waals surface area contributed by atoms with Gasteiger partial charge in [0.25, 0.3) is 10.0 Å². The molecule has 1 heterocycles. The number of benzene rings is 2. The van der Waals surface area contributed by atoms with Gasteiger partial charge in [-0.15, -0.1) is 0 Å². The fourth-order valence-corrected chi connectivity index (χ4v) is 6.22. The normalized spacial score (nSPS) is 14.2. The van der Waals surface area contributed by atoms with Crippen molar-refractivity contribution in [2.75, 3.05) is 0 Å². The van der Waals surface area contributed by atoms with Crippen LogP contribution in [0.1, 0.15) is 40.0 Å². The Morgan fingerprint density at radius 1 is 1.03 bits per heavy atom. The first-order valence-electron chi connectivity index (χ1n) is 9.70. The molecule has 0 spiro atoms. The zero-order valence-corrected chi connectivity index (χ0v) is 18.1. The molecule has 0 bridgehead atoms. The quantitative estimate of drug-likeness (QED) is 0.521. The lowest BCUT2D eigenvalue weighted by Gasteiger charge is -2.19. The first-order valence-corrected chi connectivity index (χ1v) is 11.5. The van der Waals surface area contributed by atoms with Crippen molar-refractivity contribution in [2.45, 2.75) is 36.8 Å². The van der Waals surface area contributed by atoms with Gasteiger partial charge in [-0.05, 0) is 61.1 Å². The predicted molar refractivity (Wildman–Crippen MR) is 113 cm³/mol. The van der Waals surface area contributed by atoms with Crippen molar-refractivity contribution in [1.82, 2.24) is 3.97 Å². The molecule has 10 heteroatoms. The molecule has 5 nitrogen and oxygen atoms in total. The van der Waals surface area contributed by atoms with Crippen LogP contribution in [0.4, 0.5) is 13.2 Å². The van der Waals surface area contributed by atoms with E-state index in [1.807, 2.05) is 0 Å². The smallest absolute Gasteiger partial charge is 0.417 e. The van der Waals surface area contributed by atoms with E-state index in [1.165, 1.54) is 18.3 Å². The number of halogens is 4. The Balaban J connectivity index is 1.93. The van der Waals surface area contributed by atoms with Gasteiger partial charge in [0.15, 0.2) is 0 Å². The lowest BCUT2D eigenvalue weighted by Crippen LogP contribution is -2.21. The summed E-state index contributed by atoms with van der Waals surface area (Å²) in [5.41, 5.74) is 1.01. The number of aromatic nitrogens is 1. The van der Waals surface area contributed by atoms with E-state index in [9.17, 15) is 26.4 Å². The standard InChI is InChI=1S/C22H17ClF3NO4S/c23-18-6-3-5-17(22(24,25)26)20(18)32(30,31)27-12-16(15-4-1-2-7-19(15)27)13-8-10-14(11-9-13)21(28)29/h3,5-6,8-12H,1-2,4,7H2,(H,28,29). The van der Waals surface area contributed by atoms with Gasteiger partial charge in [0.05, 0.1) is 16.1 Å². The minimum Gasteiger partial charge on any atom is -0.478 e. The van der Waals surface area contributed by atoms with Crippen molar-refractivity contribution in [3.05, 3.63) is 76.1 Å². The van der Waals surface area contributed by atoms with E-state index in [0.29, 0.717) is 42.1 Å². The van der Waals surface area contributed by atoms with Crippen molar-refractivity contribution >= 4 is 27.6 Å². The summed E-state index contributed by atoms with van der Waals surface area (Å²) >= 11 is 5.98. The highest BCUT2D eigenvalue weighted by atomic mass is 35.5. The van der Waals surface area contributed by atoms with Crippen molar-refractivity contribution in [3.63, 3.8) is 0 Å². The number of nitrogens with zero attached hydrogens (tertiary/aromatic N) is 1. The summed E-state index contributed by atoms with van der Waals surface area (Å²) in [5.74, 6) is -1.10. The largest absolute Gasteiger partial charge is 0.478 e. The second-order valence-corrected chi connectivity index (χ2v) is 9.63. The molecule has 2 aromatic carbocycles. The molecular formula is C22H17ClF3NO4S. The third-order valence-electron chi connectivity index (χ3n) is 5.51. The molecule has 1 N–H and O–H groups in total. The van der Waals surface area contributed by atoms with E-state index in [-0.39, 0.29) is 5.56 Å². The highest BCUT2D eigenvalue weighted by Crippen LogP contribution is 2.41. The molecule has 4 rings (SSSR count). The summed E-state index contributed by atoms with van der Waals surface area (Å²) in [6.45, 7) is 0. The number of hydrogen-bond donors (Lipinski definition) is 1. The summed E-state index contributed by atoms with van der Waals surface area (Å²) in [6, 6.07) is 8.78. The molecule has 3 aromatic rings. The minimum atomic E-state index is -4.91. The SMILES string of the molecule is O=C(O)c1ccc(-c2cn(S(=O)(=O)c3c(Cl)cccc3C(F)(F)F)c3c2CCCC3)cc1. The number of hydrogen-bond acceptors (Lipinski definition) is 3. The highest BCUT2D eigenvalue weighted by Gasteiger charge is 2.40. The Hall–Kier alpha value is -2.78. The van der Waals surface area contributed by atoms with E-state index in [2.05, 4.69) is 0 Å². The highest BCUT2D eigenvalue weighted by molar-refractivity contribution is 7.90. The molecule has 168 valence electrons. The van der Waals surface area contributed by atoms with Gasteiger partial charge in [-0.3, -0.25) is 0 Å². The Labute approximate surface area is 187 Å². The zero-order valence-electron chi connectivity index (χ0n) is 16.5. The molecule has 0 unspecified atom stereocenters. The van der Waals surface area contributed by atoms with Crippen molar-refractivity contribution < 1.29 is 31.5 Å². The first kappa shape index (κ1) is 22.4. The summed E-state index contributed by atoms with van der Waals surface area (Å²) in [5, 5.41) is 8.60. The number of carboxylic acids is 1. The number of rotatable bonds is 4. The third kappa shape index (κ3) is 3.80. The van der Waals surface area contributed by atoms with Crippen LogP contribution >= 0.6 is 11.6 Å². The molecule has 0 fully saturated rings. The van der Waals surface area contributed by atoms with Crippen LogP contribution in [0.15, 0.2) is 53.6 Å². The topological polar surface area (TPSA) is 76.4 Å². The van der Waals surface area contributed by atoms with Crippen LogP contribution in [0, 0.1) is 0 Å². The average Bonchev–Trinajstić information content (AvgIpc) is 3.13. The fraction of sp³-hybridized carbons (Fsp3) is 0.227. The Bertz CT molecular complexity index is 1310. The van der Waals surface area contributed by atoms with Crippen LogP contribution in [0.5, 0.6) is 0 Å². The van der Waals surface area contributed by atoms with Crippen LogP contribution in [-0.4, -0.2) is 23.5 Å². The summed E-state index contributed by atoms with van der Waals surface area (Å²) in [4.78, 5) is 10.1. The van der Waals surface area contributed by atoms with E-state index < -0.39 is 37.7 Å². The van der Waals surface area contributed by atoms with Gasteiger partial charge in [-0.1, -0.05) is 29.8 Å². The average molecular weight is 484 g/mol. The fourth-order valence-electron chi connectivity index (χ4n) is 4.04. The van der Waals surface area contributed by atoms with Crippen LogP contribution in [-0.2, 0) is 29.0 Å². The molecule has 1 aromatic heterocycles. The van der Waals surface area contributed by atoms with Gasteiger partial charge in [-0.2, -0.15) is 13.2 Å². The number of fused-ring (bicyclic) bond motifs is 1. The van der Waals surface area contributed by atoms with Gasteiger partial charge in [0.2, 0.25) is 0 Å². The summed E-state index contributed by atoms with van der Waals surface area (Å²) in [6.07, 6.45) is -1.16. The molecule has 1 aliphatic carbocycles. The number of aromatic carboxylic acids is 1. The molecule has 0 aliphatic heterocycles. The molecular weight excluding hydrogens is 467 g/mol. The van der Waals surface area contributed by atoms with Gasteiger partial charge < -0.3 is 5.11 Å². The molecule has 0 saturated heterocycles. The maximum absolute atomic E-state index is 13.6. The molecule has 0 radical (unpaired) electrons. The van der Waals surface area contributed by atoms with Crippen LogP contribution in [0.2, 0.25) is 5.02 Å². The lowest BCUT2D eigenvalue weighted by molar-refractivity contribution is -0.139. The van der Waals surface area contributed by atoms with Gasteiger partial charge in [0, 0.05) is 17.5 Å². The molecule has 0 amide bonds. The first-order chi connectivity index (χ1) is 15.0. The molecule has 32 heavy (non-hydrogen) atoms. The van der Waals surface area contributed by atoms with Gasteiger partial charge >= 0.3 is 12.1 Å². The monoisotopic (exact) mass is 483 g/mol. The van der Waals surface area contributed by atoms with Crippen LogP contribution in [0.3, 0.4) is 0 Å². The predicted octanol–water partition coefficient (Wildman–Crippen LogP) is 5.64. The Kier molecular flexibility index (Phi) is 5.58. The number of carbonyl (C=O) groups is 1. The molecule has 1 aliphatic rings.